The second-order valence-corrected chi connectivity index (χ2v) is 6.87. The summed E-state index contributed by atoms with van der Waals surface area (Å²) in [6, 6.07) is 9.41. The van der Waals surface area contributed by atoms with Gasteiger partial charge in [-0.1, -0.05) is 12.1 Å². The Bertz CT molecular complexity index is 949. The van der Waals surface area contributed by atoms with Crippen LogP contribution in [-0.2, 0) is 0 Å². The molecule has 0 bridgehead atoms. The number of benzene rings is 1. The molecule has 1 N–H and O–H groups in total. The number of hydrogen-bond donors (Lipinski definition) is 1. The van der Waals surface area contributed by atoms with Crippen LogP contribution in [0.3, 0.4) is 0 Å². The molecule has 4 nitrogen and oxygen atoms in total. The van der Waals surface area contributed by atoms with Crippen molar-refractivity contribution in [3.63, 3.8) is 0 Å². The fourth-order valence-electron chi connectivity index (χ4n) is 3.58. The molecule has 1 aromatic carbocycles. The van der Waals surface area contributed by atoms with Crippen molar-refractivity contribution < 1.29 is 17.6 Å². The van der Waals surface area contributed by atoms with Crippen molar-refractivity contribution in [3.8, 4) is 22.5 Å². The lowest BCUT2D eigenvalue weighted by Crippen LogP contribution is -2.34. The predicted octanol–water partition coefficient (Wildman–Crippen LogP) is 4.98. The highest BCUT2D eigenvalue weighted by atomic mass is 19.4. The molecule has 0 radical (unpaired) electrons. The Balaban J connectivity index is 1.53. The third kappa shape index (κ3) is 4.06. The van der Waals surface area contributed by atoms with Gasteiger partial charge in [0.2, 0.25) is 0 Å². The maximum Gasteiger partial charge on any atom is 0.401 e. The van der Waals surface area contributed by atoms with E-state index in [1.165, 1.54) is 17.0 Å². The summed E-state index contributed by atoms with van der Waals surface area (Å²) in [5, 5.41) is 0. The van der Waals surface area contributed by atoms with E-state index in [0.717, 1.165) is 5.56 Å². The third-order valence-electron chi connectivity index (χ3n) is 4.85. The number of halogens is 4. The van der Waals surface area contributed by atoms with Crippen molar-refractivity contribution >= 4 is 0 Å². The normalized spacial score (nSPS) is 17.9. The number of hydrogen-bond acceptors (Lipinski definition) is 3. The first-order chi connectivity index (χ1) is 13.4. The molecule has 1 aliphatic heterocycles. The molecule has 28 heavy (non-hydrogen) atoms. The molecular weight excluding hydrogens is 372 g/mol. The van der Waals surface area contributed by atoms with Crippen LogP contribution >= 0.6 is 0 Å². The molecule has 3 heterocycles. The van der Waals surface area contributed by atoms with Crippen molar-refractivity contribution in [2.75, 3.05) is 13.1 Å². The van der Waals surface area contributed by atoms with Crippen LogP contribution in [0.2, 0.25) is 0 Å². The number of nitrogens with one attached hydrogen (secondary N) is 1. The summed E-state index contributed by atoms with van der Waals surface area (Å²) in [6.07, 6.45) is 0.368. The minimum absolute atomic E-state index is 0.332. The van der Waals surface area contributed by atoms with E-state index in [1.54, 1.807) is 30.6 Å². The number of H-pyrrole nitrogens is 1. The Kier molecular flexibility index (Phi) is 4.89. The third-order valence-corrected chi connectivity index (χ3v) is 4.85. The number of alkyl halides is 3. The van der Waals surface area contributed by atoms with E-state index in [0.29, 0.717) is 42.2 Å². The van der Waals surface area contributed by atoms with Gasteiger partial charge in [-0.15, -0.1) is 0 Å². The Morgan fingerprint density at radius 3 is 2.64 bits per heavy atom. The SMILES string of the molecule is Fc1cccc(-c2ccc(-c3cnc([C@@H]4CCCN4CC(F)(F)F)[nH]3)cn2)c1. The highest BCUT2D eigenvalue weighted by Gasteiger charge is 2.37. The largest absolute Gasteiger partial charge is 0.401 e. The summed E-state index contributed by atoms with van der Waals surface area (Å²) >= 11 is 0. The zero-order chi connectivity index (χ0) is 19.7. The molecule has 1 fully saturated rings. The summed E-state index contributed by atoms with van der Waals surface area (Å²) < 4.78 is 51.7. The molecule has 4 rings (SSSR count). The van der Waals surface area contributed by atoms with Gasteiger partial charge in [0.15, 0.2) is 0 Å². The van der Waals surface area contributed by atoms with E-state index < -0.39 is 12.7 Å². The van der Waals surface area contributed by atoms with Gasteiger partial charge in [-0.25, -0.2) is 9.37 Å². The molecule has 2 aromatic heterocycles. The zero-order valence-electron chi connectivity index (χ0n) is 14.9. The first kappa shape index (κ1) is 18.6. The average Bonchev–Trinajstić information content (AvgIpc) is 3.30. The lowest BCUT2D eigenvalue weighted by atomic mass is 10.1. The van der Waals surface area contributed by atoms with Gasteiger partial charge in [-0.2, -0.15) is 13.2 Å². The van der Waals surface area contributed by atoms with Crippen LogP contribution in [0.15, 0.2) is 48.8 Å². The van der Waals surface area contributed by atoms with Crippen LogP contribution in [0, 0.1) is 5.82 Å². The van der Waals surface area contributed by atoms with E-state index in [9.17, 15) is 17.6 Å². The molecule has 8 heteroatoms. The smallest absolute Gasteiger partial charge is 0.341 e. The van der Waals surface area contributed by atoms with Crippen molar-refractivity contribution in [2.45, 2.75) is 25.1 Å². The fraction of sp³-hybridized carbons (Fsp3) is 0.300. The highest BCUT2D eigenvalue weighted by molar-refractivity contribution is 5.64. The van der Waals surface area contributed by atoms with Gasteiger partial charge in [0.05, 0.1) is 30.2 Å². The van der Waals surface area contributed by atoms with E-state index >= 15 is 0 Å². The molecule has 0 aliphatic carbocycles. The number of aromatic nitrogens is 3. The lowest BCUT2D eigenvalue weighted by molar-refractivity contribution is -0.148. The fourth-order valence-corrected chi connectivity index (χ4v) is 3.58. The van der Waals surface area contributed by atoms with Crippen molar-refractivity contribution in [1.82, 2.24) is 19.9 Å². The van der Waals surface area contributed by atoms with Crippen molar-refractivity contribution in [1.29, 1.82) is 0 Å². The van der Waals surface area contributed by atoms with Gasteiger partial charge in [0.1, 0.15) is 11.6 Å². The molecular formula is C20H18F4N4. The van der Waals surface area contributed by atoms with Gasteiger partial charge >= 0.3 is 6.18 Å². The van der Waals surface area contributed by atoms with E-state index in [2.05, 4.69) is 15.0 Å². The van der Waals surface area contributed by atoms with E-state index in [-0.39, 0.29) is 11.9 Å². The van der Waals surface area contributed by atoms with Gasteiger partial charge in [-0.3, -0.25) is 9.88 Å². The van der Waals surface area contributed by atoms with Gasteiger partial charge in [0, 0.05) is 17.3 Å². The summed E-state index contributed by atoms with van der Waals surface area (Å²) in [4.78, 5) is 13.2. The molecule has 1 aliphatic rings. The monoisotopic (exact) mass is 390 g/mol. The Morgan fingerprint density at radius 1 is 1.07 bits per heavy atom. The molecule has 3 aromatic rings. The first-order valence-electron chi connectivity index (χ1n) is 8.97. The lowest BCUT2D eigenvalue weighted by Gasteiger charge is -2.23. The molecule has 1 saturated heterocycles. The van der Waals surface area contributed by atoms with E-state index in [4.69, 9.17) is 0 Å². The van der Waals surface area contributed by atoms with Crippen LogP contribution in [0.1, 0.15) is 24.7 Å². The maximum atomic E-state index is 13.4. The van der Waals surface area contributed by atoms with Crippen LogP contribution in [0.5, 0.6) is 0 Å². The van der Waals surface area contributed by atoms with Gasteiger partial charge in [0.25, 0.3) is 0 Å². The van der Waals surface area contributed by atoms with E-state index in [1.807, 2.05) is 6.07 Å². The highest BCUT2D eigenvalue weighted by Crippen LogP contribution is 2.34. The molecule has 0 amide bonds. The quantitative estimate of drug-likeness (QED) is 0.640. The zero-order valence-corrected chi connectivity index (χ0v) is 14.9. The molecule has 146 valence electrons. The number of pyridine rings is 1. The number of likely N-dealkylation sites (tertiary alicyclic amines) is 1. The minimum atomic E-state index is -4.23. The first-order valence-corrected chi connectivity index (χ1v) is 8.97. The topological polar surface area (TPSA) is 44.8 Å². The number of imidazole rings is 1. The van der Waals surface area contributed by atoms with Crippen molar-refractivity contribution in [3.05, 3.63) is 60.4 Å². The second kappa shape index (κ2) is 7.35. The minimum Gasteiger partial charge on any atom is -0.341 e. The van der Waals surface area contributed by atoms with Gasteiger partial charge < -0.3 is 4.98 Å². The van der Waals surface area contributed by atoms with Crippen LogP contribution in [0.25, 0.3) is 22.5 Å². The number of aromatic amines is 1. The molecule has 0 unspecified atom stereocenters. The number of nitrogens with zero attached hydrogens (tertiary/aromatic N) is 3. The summed E-state index contributed by atoms with van der Waals surface area (Å²) in [5.41, 5.74) is 2.76. The summed E-state index contributed by atoms with van der Waals surface area (Å²) in [5.74, 6) is 0.201. The standard InChI is InChI=1S/C20H18F4N4/c21-15-4-1-3-13(9-15)16-7-6-14(10-25-16)17-11-26-19(27-17)18-5-2-8-28(18)12-20(22,23)24/h1,3-4,6-7,9-11,18H,2,5,8,12H2,(H,26,27)/t18-/m0/s1. The Hall–Kier alpha value is -2.74. The van der Waals surface area contributed by atoms with Crippen LogP contribution in [0.4, 0.5) is 17.6 Å². The molecule has 0 saturated carbocycles. The van der Waals surface area contributed by atoms with Crippen molar-refractivity contribution in [2.24, 2.45) is 0 Å². The van der Waals surface area contributed by atoms with Crippen LogP contribution in [-0.4, -0.2) is 39.1 Å². The number of rotatable bonds is 4. The molecule has 0 spiro atoms. The maximum absolute atomic E-state index is 13.4. The Labute approximate surface area is 159 Å². The predicted molar refractivity (Wildman–Crippen MR) is 96.8 cm³/mol. The average molecular weight is 390 g/mol. The molecule has 1 atom stereocenters. The Morgan fingerprint density at radius 2 is 1.93 bits per heavy atom. The van der Waals surface area contributed by atoms with Gasteiger partial charge in [-0.05, 0) is 43.7 Å². The van der Waals surface area contributed by atoms with Crippen LogP contribution < -0.4 is 0 Å². The second-order valence-electron chi connectivity index (χ2n) is 6.87. The summed E-state index contributed by atoms with van der Waals surface area (Å²) in [6.45, 7) is -0.526. The summed E-state index contributed by atoms with van der Waals surface area (Å²) in [7, 11) is 0.